The van der Waals surface area contributed by atoms with Crippen LogP contribution in [0.3, 0.4) is 0 Å². The van der Waals surface area contributed by atoms with E-state index in [0.29, 0.717) is 11.8 Å². The largest absolute Gasteiger partial charge is 0.392 e. The summed E-state index contributed by atoms with van der Waals surface area (Å²) in [5.74, 6) is 1.20. The minimum absolute atomic E-state index is 0.189. The summed E-state index contributed by atoms with van der Waals surface area (Å²) in [6.07, 6.45) is 17.1. The van der Waals surface area contributed by atoms with Gasteiger partial charge in [-0.25, -0.2) is 0 Å². The number of aliphatic hydroxyl groups is 2. The molecule has 0 aromatic rings. The topological polar surface area (TPSA) is 52.9 Å². The molecule has 3 aliphatic rings. The third-order valence-electron chi connectivity index (χ3n) is 7.18. The van der Waals surface area contributed by atoms with Gasteiger partial charge in [0.15, 0.2) is 0 Å². The maximum absolute atomic E-state index is 10.5. The van der Waals surface area contributed by atoms with Gasteiger partial charge in [0.1, 0.15) is 0 Å². The van der Waals surface area contributed by atoms with Crippen LogP contribution in [-0.4, -0.2) is 60.2 Å². The zero-order chi connectivity index (χ0) is 20.5. The summed E-state index contributed by atoms with van der Waals surface area (Å²) in [7, 11) is 0. The van der Waals surface area contributed by atoms with Gasteiger partial charge in [-0.2, -0.15) is 0 Å². The second-order valence-electron chi connectivity index (χ2n) is 9.45. The van der Waals surface area contributed by atoms with Crippen molar-refractivity contribution in [1.29, 1.82) is 0 Å². The minimum atomic E-state index is -0.366. The van der Waals surface area contributed by atoms with E-state index in [4.69, 9.17) is 4.74 Å². The zero-order valence-corrected chi connectivity index (χ0v) is 18.5. The number of rotatable bonds is 12. The number of hydrogen-bond acceptors (Lipinski definition) is 4. The molecule has 0 aromatic carbocycles. The van der Waals surface area contributed by atoms with Crippen LogP contribution < -0.4 is 0 Å². The van der Waals surface area contributed by atoms with Crippen molar-refractivity contribution in [3.63, 3.8) is 0 Å². The highest BCUT2D eigenvalue weighted by molar-refractivity contribution is 5.21. The number of aliphatic hydroxyl groups excluding tert-OH is 2. The Labute approximate surface area is 178 Å². The van der Waals surface area contributed by atoms with Crippen molar-refractivity contribution in [2.45, 2.75) is 83.3 Å². The third kappa shape index (κ3) is 7.20. The molecule has 4 nitrogen and oxygen atoms in total. The van der Waals surface area contributed by atoms with Crippen LogP contribution >= 0.6 is 0 Å². The van der Waals surface area contributed by atoms with Gasteiger partial charge in [-0.1, -0.05) is 56.4 Å². The fraction of sp³-hybridized carbons (Fsp3) is 0.840. The number of piperidine rings is 1. The SMILES string of the molecule is CCCCC[C@H](O)/C=C/[C@@H]1[C@H]2CC(CCOCCN3CCCCC3)=C[C@H]2C[C@H]1O. The number of fused-ring (bicyclic) bond motifs is 1. The molecule has 4 heteroatoms. The molecule has 0 spiro atoms. The molecule has 0 amide bonds. The normalized spacial score (nSPS) is 31.3. The fourth-order valence-corrected chi connectivity index (χ4v) is 5.43. The minimum Gasteiger partial charge on any atom is -0.392 e. The van der Waals surface area contributed by atoms with E-state index in [1.807, 2.05) is 6.08 Å². The maximum atomic E-state index is 10.5. The van der Waals surface area contributed by atoms with E-state index in [1.54, 1.807) is 0 Å². The molecule has 1 saturated carbocycles. The molecule has 5 atom stereocenters. The van der Waals surface area contributed by atoms with Crippen molar-refractivity contribution >= 4 is 0 Å². The van der Waals surface area contributed by atoms with E-state index in [1.165, 1.54) is 50.8 Å². The predicted octanol–water partition coefficient (Wildman–Crippen LogP) is 4.32. The number of unbranched alkanes of at least 4 members (excludes halogenated alkanes) is 2. The number of likely N-dealkylation sites (tertiary alicyclic amines) is 1. The Morgan fingerprint density at radius 3 is 2.83 bits per heavy atom. The molecule has 29 heavy (non-hydrogen) atoms. The summed E-state index contributed by atoms with van der Waals surface area (Å²) in [6, 6.07) is 0. The van der Waals surface area contributed by atoms with Crippen molar-refractivity contribution in [2.24, 2.45) is 17.8 Å². The first-order chi connectivity index (χ1) is 14.2. The molecular formula is C25H43NO3. The monoisotopic (exact) mass is 405 g/mol. The van der Waals surface area contributed by atoms with Crippen LogP contribution in [0.2, 0.25) is 0 Å². The zero-order valence-electron chi connectivity index (χ0n) is 18.5. The molecule has 2 N–H and O–H groups in total. The van der Waals surface area contributed by atoms with Crippen molar-refractivity contribution in [3.8, 4) is 0 Å². The van der Waals surface area contributed by atoms with E-state index in [2.05, 4.69) is 24.0 Å². The molecule has 1 saturated heterocycles. The third-order valence-corrected chi connectivity index (χ3v) is 7.18. The second-order valence-corrected chi connectivity index (χ2v) is 9.45. The molecule has 0 radical (unpaired) electrons. The second kappa shape index (κ2) is 12.2. The molecule has 0 bridgehead atoms. The van der Waals surface area contributed by atoms with Gasteiger partial charge in [-0.15, -0.1) is 0 Å². The Morgan fingerprint density at radius 2 is 2.03 bits per heavy atom. The lowest BCUT2D eigenvalue weighted by molar-refractivity contribution is 0.0978. The predicted molar refractivity (Wildman–Crippen MR) is 119 cm³/mol. The molecule has 2 aliphatic carbocycles. The molecule has 0 unspecified atom stereocenters. The van der Waals surface area contributed by atoms with Crippen molar-refractivity contribution < 1.29 is 14.9 Å². The van der Waals surface area contributed by atoms with E-state index >= 15 is 0 Å². The number of ether oxygens (including phenoxy) is 1. The average Bonchev–Trinajstić information content (AvgIpc) is 3.23. The lowest BCUT2D eigenvalue weighted by atomic mass is 9.88. The summed E-state index contributed by atoms with van der Waals surface area (Å²) in [5.41, 5.74) is 1.51. The van der Waals surface area contributed by atoms with Crippen LogP contribution in [0.25, 0.3) is 0 Å². The first-order valence-corrected chi connectivity index (χ1v) is 12.2. The van der Waals surface area contributed by atoms with Crippen molar-refractivity contribution in [3.05, 3.63) is 23.8 Å². The Balaban J connectivity index is 1.34. The van der Waals surface area contributed by atoms with Gasteiger partial charge in [0.25, 0.3) is 0 Å². The smallest absolute Gasteiger partial charge is 0.0721 e. The summed E-state index contributed by atoms with van der Waals surface area (Å²) in [4.78, 5) is 2.53. The number of allylic oxidation sites excluding steroid dienone is 1. The summed E-state index contributed by atoms with van der Waals surface area (Å²) in [5, 5.41) is 20.7. The van der Waals surface area contributed by atoms with Crippen molar-refractivity contribution in [1.82, 2.24) is 4.90 Å². The standard InChI is InChI=1S/C25H43NO3/c1-2-3-5-8-22(27)9-10-23-24-18-20(17-21(24)19-25(23)28)11-15-29-16-14-26-12-6-4-7-13-26/h9-10,17,21-25,27-28H,2-8,11-16,18-19H2,1H3/b10-9+/t21-,22-,23+,24-,25+/m0/s1. The number of hydrogen-bond donors (Lipinski definition) is 2. The van der Waals surface area contributed by atoms with Gasteiger partial charge in [-0.05, 0) is 63.5 Å². The van der Waals surface area contributed by atoms with Gasteiger partial charge in [0, 0.05) is 12.5 Å². The van der Waals surface area contributed by atoms with Gasteiger partial charge < -0.3 is 19.8 Å². The highest BCUT2D eigenvalue weighted by atomic mass is 16.5. The molecule has 2 fully saturated rings. The van der Waals surface area contributed by atoms with E-state index in [0.717, 1.165) is 51.9 Å². The Kier molecular flexibility index (Phi) is 9.71. The lowest BCUT2D eigenvalue weighted by Gasteiger charge is -2.26. The average molecular weight is 406 g/mol. The molecule has 0 aromatic heterocycles. The molecule has 1 aliphatic heterocycles. The van der Waals surface area contributed by atoms with Crippen LogP contribution in [0.15, 0.2) is 23.8 Å². The van der Waals surface area contributed by atoms with E-state index < -0.39 is 0 Å². The van der Waals surface area contributed by atoms with Crippen LogP contribution in [-0.2, 0) is 4.74 Å². The van der Waals surface area contributed by atoms with Crippen LogP contribution in [0, 0.1) is 17.8 Å². The van der Waals surface area contributed by atoms with E-state index in [9.17, 15) is 10.2 Å². The Hall–Kier alpha value is -0.680. The first-order valence-electron chi connectivity index (χ1n) is 12.2. The van der Waals surface area contributed by atoms with Crippen LogP contribution in [0.5, 0.6) is 0 Å². The molecule has 3 rings (SSSR count). The number of nitrogens with zero attached hydrogens (tertiary/aromatic N) is 1. The van der Waals surface area contributed by atoms with Crippen LogP contribution in [0.1, 0.15) is 71.1 Å². The van der Waals surface area contributed by atoms with Gasteiger partial charge in [-0.3, -0.25) is 0 Å². The highest BCUT2D eigenvalue weighted by Gasteiger charge is 2.43. The molecule has 166 valence electrons. The lowest BCUT2D eigenvalue weighted by Crippen LogP contribution is -2.32. The quantitative estimate of drug-likeness (QED) is 0.375. The summed E-state index contributed by atoms with van der Waals surface area (Å²) in [6.45, 7) is 7.40. The van der Waals surface area contributed by atoms with Crippen molar-refractivity contribution in [2.75, 3.05) is 32.8 Å². The van der Waals surface area contributed by atoms with Gasteiger partial charge >= 0.3 is 0 Å². The fourth-order valence-electron chi connectivity index (χ4n) is 5.43. The van der Waals surface area contributed by atoms with Crippen LogP contribution in [0.4, 0.5) is 0 Å². The Bertz CT molecular complexity index is 526. The van der Waals surface area contributed by atoms with Gasteiger partial charge in [0.2, 0.25) is 0 Å². The highest BCUT2D eigenvalue weighted by Crippen LogP contribution is 2.47. The Morgan fingerprint density at radius 1 is 1.21 bits per heavy atom. The first kappa shape index (κ1) is 23.0. The summed E-state index contributed by atoms with van der Waals surface area (Å²) >= 11 is 0. The van der Waals surface area contributed by atoms with Gasteiger partial charge in [0.05, 0.1) is 25.4 Å². The van der Waals surface area contributed by atoms with E-state index in [-0.39, 0.29) is 18.1 Å². The molecule has 1 heterocycles. The molecular weight excluding hydrogens is 362 g/mol. The maximum Gasteiger partial charge on any atom is 0.0721 e. The summed E-state index contributed by atoms with van der Waals surface area (Å²) < 4.78 is 5.92.